The number of likely N-dealkylation sites (N-methyl/N-ethyl adjacent to an activating group) is 1. The fourth-order valence-corrected chi connectivity index (χ4v) is 2.07. The number of nitrogens with zero attached hydrogens (tertiary/aromatic N) is 2. The molecule has 14 heavy (non-hydrogen) atoms. The maximum Gasteiger partial charge on any atom is 0.265 e. The van der Waals surface area contributed by atoms with Crippen LogP contribution in [0.1, 0.15) is 20.4 Å². The lowest BCUT2D eigenvalue weighted by atomic mass is 10.3. The Labute approximate surface area is 87.2 Å². The minimum atomic E-state index is -0.0675. The van der Waals surface area contributed by atoms with Crippen LogP contribution < -0.4 is 0 Å². The van der Waals surface area contributed by atoms with E-state index in [1.807, 2.05) is 13.8 Å². The van der Waals surface area contributed by atoms with Crippen LogP contribution in [0.25, 0.3) is 0 Å². The molecule has 1 aromatic heterocycles. The number of rotatable bonds is 3. The lowest BCUT2D eigenvalue weighted by Gasteiger charge is -2.14. The predicted molar refractivity (Wildman–Crippen MR) is 55.6 cm³/mol. The number of aryl methyl sites for hydroxylation is 2. The Morgan fingerprint density at radius 3 is 2.64 bits per heavy atom. The summed E-state index contributed by atoms with van der Waals surface area (Å²) in [4.78, 5) is 18.1. The average molecular weight is 214 g/mol. The quantitative estimate of drug-likeness (QED) is 0.810. The van der Waals surface area contributed by atoms with Gasteiger partial charge in [-0.1, -0.05) is 0 Å². The van der Waals surface area contributed by atoms with Crippen LogP contribution in [-0.4, -0.2) is 41.1 Å². The maximum atomic E-state index is 11.8. The molecule has 1 amide bonds. The molecule has 0 atom stereocenters. The molecule has 0 bridgehead atoms. The van der Waals surface area contributed by atoms with Gasteiger partial charge in [0.25, 0.3) is 5.91 Å². The third-order valence-electron chi connectivity index (χ3n) is 1.88. The van der Waals surface area contributed by atoms with E-state index >= 15 is 0 Å². The van der Waals surface area contributed by atoms with Gasteiger partial charge in [-0.3, -0.25) is 4.79 Å². The van der Waals surface area contributed by atoms with E-state index in [4.69, 9.17) is 5.11 Å². The zero-order valence-electron chi connectivity index (χ0n) is 8.57. The first-order valence-electron chi connectivity index (χ1n) is 4.36. The van der Waals surface area contributed by atoms with Crippen molar-refractivity contribution in [2.45, 2.75) is 13.8 Å². The summed E-state index contributed by atoms with van der Waals surface area (Å²) in [7, 11) is 1.67. The van der Waals surface area contributed by atoms with Gasteiger partial charge in [-0.2, -0.15) is 0 Å². The lowest BCUT2D eigenvalue weighted by Crippen LogP contribution is -2.29. The molecule has 1 aromatic rings. The summed E-state index contributed by atoms with van der Waals surface area (Å²) < 4.78 is 0. The number of aromatic nitrogens is 1. The van der Waals surface area contributed by atoms with Crippen molar-refractivity contribution in [1.29, 1.82) is 0 Å². The third kappa shape index (κ3) is 2.30. The Bertz CT molecular complexity index is 336. The van der Waals surface area contributed by atoms with Crippen molar-refractivity contribution >= 4 is 17.2 Å². The van der Waals surface area contributed by atoms with Crippen LogP contribution in [-0.2, 0) is 0 Å². The molecular formula is C9H14N2O2S. The second-order valence-electron chi connectivity index (χ2n) is 3.10. The van der Waals surface area contributed by atoms with Crippen molar-refractivity contribution in [2.75, 3.05) is 20.2 Å². The molecule has 0 aliphatic rings. The smallest absolute Gasteiger partial charge is 0.265 e. The SMILES string of the molecule is Cc1nc(C)c(C(=O)N(C)CCO)s1. The molecule has 0 aliphatic carbocycles. The topological polar surface area (TPSA) is 53.4 Å². The van der Waals surface area contributed by atoms with Gasteiger partial charge >= 0.3 is 0 Å². The molecular weight excluding hydrogens is 200 g/mol. The summed E-state index contributed by atoms with van der Waals surface area (Å²) in [5, 5.41) is 9.59. The predicted octanol–water partition coefficient (Wildman–Crippen LogP) is 0.824. The standard InChI is InChI=1S/C9H14N2O2S/c1-6-8(14-7(2)10-6)9(13)11(3)4-5-12/h12H,4-5H2,1-3H3. The summed E-state index contributed by atoms with van der Waals surface area (Å²) in [5.74, 6) is -0.0675. The van der Waals surface area contributed by atoms with E-state index in [-0.39, 0.29) is 12.5 Å². The second-order valence-corrected chi connectivity index (χ2v) is 4.30. The zero-order chi connectivity index (χ0) is 10.7. The molecule has 0 saturated carbocycles. The van der Waals surface area contributed by atoms with E-state index in [2.05, 4.69) is 4.98 Å². The van der Waals surface area contributed by atoms with Crippen LogP contribution in [0, 0.1) is 13.8 Å². The van der Waals surface area contributed by atoms with Crippen LogP contribution in [0.3, 0.4) is 0 Å². The van der Waals surface area contributed by atoms with Crippen LogP contribution >= 0.6 is 11.3 Å². The normalized spacial score (nSPS) is 10.3. The molecule has 5 heteroatoms. The summed E-state index contributed by atoms with van der Waals surface area (Å²) in [6.07, 6.45) is 0. The first-order chi connectivity index (χ1) is 6.56. The highest BCUT2D eigenvalue weighted by Gasteiger charge is 2.17. The fourth-order valence-electron chi connectivity index (χ4n) is 1.15. The third-order valence-corrected chi connectivity index (χ3v) is 2.94. The van der Waals surface area contributed by atoms with Gasteiger partial charge in [0.05, 0.1) is 17.3 Å². The molecule has 1 heterocycles. The highest BCUT2D eigenvalue weighted by molar-refractivity contribution is 7.13. The van der Waals surface area contributed by atoms with E-state index in [1.165, 1.54) is 16.2 Å². The molecule has 0 spiro atoms. The molecule has 4 nitrogen and oxygen atoms in total. The second kappa shape index (κ2) is 4.52. The molecule has 0 aliphatic heterocycles. The minimum Gasteiger partial charge on any atom is -0.395 e. The number of aliphatic hydroxyl groups excluding tert-OH is 1. The molecule has 0 saturated heterocycles. The molecule has 0 radical (unpaired) electrons. The minimum absolute atomic E-state index is 0.0148. The Balaban J connectivity index is 2.83. The first kappa shape index (κ1) is 11.1. The van der Waals surface area contributed by atoms with Gasteiger partial charge in [-0.15, -0.1) is 11.3 Å². The van der Waals surface area contributed by atoms with Crippen LogP contribution in [0.2, 0.25) is 0 Å². The van der Waals surface area contributed by atoms with E-state index in [9.17, 15) is 4.79 Å². The average Bonchev–Trinajstić information content (AvgIpc) is 2.44. The first-order valence-corrected chi connectivity index (χ1v) is 5.18. The molecule has 1 rings (SSSR count). The Kier molecular flexibility index (Phi) is 3.60. The summed E-state index contributed by atoms with van der Waals surface area (Å²) in [6, 6.07) is 0. The van der Waals surface area contributed by atoms with Crippen molar-refractivity contribution < 1.29 is 9.90 Å². The van der Waals surface area contributed by atoms with Gasteiger partial charge in [0.15, 0.2) is 0 Å². The van der Waals surface area contributed by atoms with Crippen LogP contribution in [0.5, 0.6) is 0 Å². The summed E-state index contributed by atoms with van der Waals surface area (Å²) in [5.41, 5.74) is 0.766. The number of hydrogen-bond donors (Lipinski definition) is 1. The van der Waals surface area contributed by atoms with Crippen molar-refractivity contribution in [3.8, 4) is 0 Å². The molecule has 78 valence electrons. The van der Waals surface area contributed by atoms with Gasteiger partial charge in [0.2, 0.25) is 0 Å². The fraction of sp³-hybridized carbons (Fsp3) is 0.556. The van der Waals surface area contributed by atoms with Gasteiger partial charge < -0.3 is 10.0 Å². The number of amides is 1. The maximum absolute atomic E-state index is 11.8. The molecule has 0 aromatic carbocycles. The molecule has 0 unspecified atom stereocenters. The van der Waals surface area contributed by atoms with E-state index in [1.54, 1.807) is 7.05 Å². The Morgan fingerprint density at radius 2 is 2.21 bits per heavy atom. The van der Waals surface area contributed by atoms with E-state index < -0.39 is 0 Å². The number of carbonyl (C=O) groups is 1. The van der Waals surface area contributed by atoms with Gasteiger partial charge in [0.1, 0.15) is 4.88 Å². The van der Waals surface area contributed by atoms with Crippen molar-refractivity contribution in [3.05, 3.63) is 15.6 Å². The largest absolute Gasteiger partial charge is 0.395 e. The summed E-state index contributed by atoms with van der Waals surface area (Å²) in [6.45, 7) is 4.04. The number of thiazole rings is 1. The van der Waals surface area contributed by atoms with Gasteiger partial charge in [-0.25, -0.2) is 4.98 Å². The zero-order valence-corrected chi connectivity index (χ0v) is 9.39. The monoisotopic (exact) mass is 214 g/mol. The van der Waals surface area contributed by atoms with E-state index in [0.717, 1.165) is 10.7 Å². The van der Waals surface area contributed by atoms with Crippen molar-refractivity contribution in [2.24, 2.45) is 0 Å². The van der Waals surface area contributed by atoms with Crippen LogP contribution in [0.15, 0.2) is 0 Å². The molecule has 0 fully saturated rings. The Hall–Kier alpha value is -0.940. The highest BCUT2D eigenvalue weighted by Crippen LogP contribution is 2.18. The van der Waals surface area contributed by atoms with Crippen molar-refractivity contribution in [1.82, 2.24) is 9.88 Å². The van der Waals surface area contributed by atoms with Gasteiger partial charge in [-0.05, 0) is 13.8 Å². The lowest BCUT2D eigenvalue weighted by molar-refractivity contribution is 0.0771. The number of carbonyl (C=O) groups excluding carboxylic acids is 1. The van der Waals surface area contributed by atoms with Crippen molar-refractivity contribution in [3.63, 3.8) is 0 Å². The molecule has 1 N–H and O–H groups in total. The van der Waals surface area contributed by atoms with E-state index in [0.29, 0.717) is 11.4 Å². The number of aliphatic hydroxyl groups is 1. The van der Waals surface area contributed by atoms with Crippen LogP contribution in [0.4, 0.5) is 0 Å². The summed E-state index contributed by atoms with van der Waals surface area (Å²) >= 11 is 1.39. The van der Waals surface area contributed by atoms with Gasteiger partial charge in [0, 0.05) is 13.6 Å². The highest BCUT2D eigenvalue weighted by atomic mass is 32.1. The number of hydrogen-bond acceptors (Lipinski definition) is 4. The Morgan fingerprint density at radius 1 is 1.57 bits per heavy atom.